The maximum absolute atomic E-state index is 6.23. The molecular weight excluding hydrogens is 342 g/mol. The van der Waals surface area contributed by atoms with Gasteiger partial charge in [-0.15, -0.1) is 0 Å². The van der Waals surface area contributed by atoms with E-state index in [-0.39, 0.29) is 6.10 Å². The minimum atomic E-state index is -0.0625. The van der Waals surface area contributed by atoms with E-state index in [1.54, 1.807) is 0 Å². The molecule has 2 aliphatic heterocycles. The van der Waals surface area contributed by atoms with Crippen LogP contribution in [0.3, 0.4) is 0 Å². The van der Waals surface area contributed by atoms with Gasteiger partial charge in [0.05, 0.1) is 16.8 Å². The highest BCUT2D eigenvalue weighted by atomic mass is 79.9. The van der Waals surface area contributed by atoms with E-state index >= 15 is 0 Å². The highest BCUT2D eigenvalue weighted by Gasteiger charge is 2.34. The summed E-state index contributed by atoms with van der Waals surface area (Å²) in [5.74, 6) is 1.01. The summed E-state index contributed by atoms with van der Waals surface area (Å²) >= 11 is 9.70. The van der Waals surface area contributed by atoms with Crippen LogP contribution in [0.1, 0.15) is 50.2 Å². The standard InChI is InChI=1S/C14H19BrClN3O/c1-8(2)12-11(15)13(16)18-14(17-12)10-6-19-5-3-4-9(19)7-20-10/h8-10H,3-7H2,1-2H3. The largest absolute Gasteiger partial charge is 0.367 e. The molecule has 20 heavy (non-hydrogen) atoms. The summed E-state index contributed by atoms with van der Waals surface area (Å²) in [6, 6.07) is 0.585. The number of ether oxygens (including phenoxy) is 1. The average Bonchev–Trinajstić information content (AvgIpc) is 2.88. The molecule has 2 unspecified atom stereocenters. The van der Waals surface area contributed by atoms with Crippen molar-refractivity contribution in [3.63, 3.8) is 0 Å². The fourth-order valence-electron chi connectivity index (χ4n) is 2.95. The third kappa shape index (κ3) is 2.73. The van der Waals surface area contributed by atoms with Crippen molar-refractivity contribution in [2.75, 3.05) is 19.7 Å². The van der Waals surface area contributed by atoms with E-state index in [4.69, 9.17) is 16.3 Å². The second-order valence-electron chi connectivity index (χ2n) is 5.84. The minimum absolute atomic E-state index is 0.0625. The second kappa shape index (κ2) is 5.87. The molecule has 6 heteroatoms. The lowest BCUT2D eigenvalue weighted by atomic mass is 10.1. The van der Waals surface area contributed by atoms with Gasteiger partial charge in [-0.05, 0) is 41.2 Å². The van der Waals surface area contributed by atoms with Gasteiger partial charge in [0.1, 0.15) is 11.3 Å². The number of hydrogen-bond acceptors (Lipinski definition) is 4. The molecule has 0 aliphatic carbocycles. The summed E-state index contributed by atoms with van der Waals surface area (Å²) in [5, 5.41) is 0.478. The monoisotopic (exact) mass is 359 g/mol. The maximum Gasteiger partial charge on any atom is 0.160 e. The van der Waals surface area contributed by atoms with E-state index in [1.807, 2.05) is 0 Å². The summed E-state index contributed by atoms with van der Waals surface area (Å²) in [5.41, 5.74) is 0.951. The first-order valence-electron chi connectivity index (χ1n) is 7.14. The van der Waals surface area contributed by atoms with Crippen molar-refractivity contribution in [2.45, 2.75) is 44.8 Å². The van der Waals surface area contributed by atoms with Crippen LogP contribution in [0.2, 0.25) is 5.15 Å². The lowest BCUT2D eigenvalue weighted by molar-refractivity contribution is -0.0542. The maximum atomic E-state index is 6.23. The molecule has 3 rings (SSSR count). The highest BCUT2D eigenvalue weighted by molar-refractivity contribution is 9.10. The van der Waals surface area contributed by atoms with E-state index in [1.165, 1.54) is 12.8 Å². The molecule has 110 valence electrons. The van der Waals surface area contributed by atoms with Crippen LogP contribution in [0, 0.1) is 0 Å². The van der Waals surface area contributed by atoms with Crippen LogP contribution >= 0.6 is 27.5 Å². The van der Waals surface area contributed by atoms with Gasteiger partial charge in [-0.3, -0.25) is 4.90 Å². The first-order chi connectivity index (χ1) is 9.56. The van der Waals surface area contributed by atoms with Gasteiger partial charge < -0.3 is 4.74 Å². The Labute approximate surface area is 133 Å². The van der Waals surface area contributed by atoms with Crippen molar-refractivity contribution in [1.29, 1.82) is 0 Å². The summed E-state index contributed by atoms with van der Waals surface area (Å²) in [6.45, 7) is 7.02. The predicted octanol–water partition coefficient (Wildman–Crippen LogP) is 3.55. The number of rotatable bonds is 2. The minimum Gasteiger partial charge on any atom is -0.367 e. The zero-order valence-electron chi connectivity index (χ0n) is 11.8. The molecule has 0 bridgehead atoms. The van der Waals surface area contributed by atoms with Gasteiger partial charge in [0.15, 0.2) is 5.82 Å². The van der Waals surface area contributed by atoms with Crippen molar-refractivity contribution in [1.82, 2.24) is 14.9 Å². The van der Waals surface area contributed by atoms with Crippen LogP contribution in [0.15, 0.2) is 4.47 Å². The van der Waals surface area contributed by atoms with E-state index in [0.29, 0.717) is 22.9 Å². The van der Waals surface area contributed by atoms with Crippen LogP contribution in [-0.2, 0) is 4.74 Å². The molecule has 1 aromatic heterocycles. The lowest BCUT2D eigenvalue weighted by Gasteiger charge is -2.34. The molecule has 0 aromatic carbocycles. The number of morpholine rings is 1. The third-order valence-electron chi connectivity index (χ3n) is 4.08. The summed E-state index contributed by atoms with van der Waals surface area (Å²) in [7, 11) is 0. The van der Waals surface area contributed by atoms with Gasteiger partial charge in [0, 0.05) is 12.6 Å². The van der Waals surface area contributed by atoms with Crippen molar-refractivity contribution >= 4 is 27.5 Å². The molecule has 0 N–H and O–H groups in total. The Morgan fingerprint density at radius 1 is 1.40 bits per heavy atom. The quantitative estimate of drug-likeness (QED) is 0.756. The van der Waals surface area contributed by atoms with Crippen LogP contribution in [0.5, 0.6) is 0 Å². The lowest BCUT2D eigenvalue weighted by Crippen LogP contribution is -2.43. The van der Waals surface area contributed by atoms with Gasteiger partial charge in [0.2, 0.25) is 0 Å². The predicted molar refractivity (Wildman–Crippen MR) is 82.1 cm³/mol. The Hall–Kier alpha value is -0.230. The van der Waals surface area contributed by atoms with Gasteiger partial charge in [-0.25, -0.2) is 9.97 Å². The number of fused-ring (bicyclic) bond motifs is 1. The van der Waals surface area contributed by atoms with Crippen molar-refractivity contribution in [3.05, 3.63) is 21.1 Å². The molecule has 0 saturated carbocycles. The van der Waals surface area contributed by atoms with Crippen molar-refractivity contribution < 1.29 is 4.74 Å². The molecule has 2 atom stereocenters. The number of hydrogen-bond donors (Lipinski definition) is 0. The number of halogens is 2. The Bertz CT molecular complexity index is 511. The summed E-state index contributed by atoms with van der Waals surface area (Å²) in [4.78, 5) is 11.6. The molecule has 0 radical (unpaired) electrons. The van der Waals surface area contributed by atoms with Crippen LogP contribution in [0.25, 0.3) is 0 Å². The molecular formula is C14H19BrClN3O. The Morgan fingerprint density at radius 2 is 2.20 bits per heavy atom. The van der Waals surface area contributed by atoms with Crippen LogP contribution in [0.4, 0.5) is 0 Å². The highest BCUT2D eigenvalue weighted by Crippen LogP contribution is 2.33. The summed E-state index contributed by atoms with van der Waals surface area (Å²) in [6.07, 6.45) is 2.44. The normalized spacial score (nSPS) is 27.1. The first kappa shape index (κ1) is 14.7. The van der Waals surface area contributed by atoms with Crippen LogP contribution < -0.4 is 0 Å². The van der Waals surface area contributed by atoms with Gasteiger partial charge in [0.25, 0.3) is 0 Å². The van der Waals surface area contributed by atoms with E-state index < -0.39 is 0 Å². The summed E-state index contributed by atoms with van der Waals surface area (Å²) < 4.78 is 6.77. The molecule has 2 fully saturated rings. The Balaban J connectivity index is 1.86. The number of nitrogens with zero attached hydrogens (tertiary/aromatic N) is 3. The molecule has 2 aliphatic rings. The number of aromatic nitrogens is 2. The smallest absolute Gasteiger partial charge is 0.160 e. The second-order valence-corrected chi connectivity index (χ2v) is 6.99. The van der Waals surface area contributed by atoms with E-state index in [2.05, 4.69) is 44.6 Å². The fourth-order valence-corrected chi connectivity index (χ4v) is 3.77. The zero-order chi connectivity index (χ0) is 14.3. The molecule has 3 heterocycles. The van der Waals surface area contributed by atoms with E-state index in [9.17, 15) is 0 Å². The Morgan fingerprint density at radius 3 is 2.95 bits per heavy atom. The molecule has 0 amide bonds. The van der Waals surface area contributed by atoms with Crippen molar-refractivity contribution in [2.24, 2.45) is 0 Å². The molecule has 2 saturated heterocycles. The third-order valence-corrected chi connectivity index (χ3v) is 5.36. The topological polar surface area (TPSA) is 38.2 Å². The molecule has 0 spiro atoms. The van der Waals surface area contributed by atoms with Gasteiger partial charge >= 0.3 is 0 Å². The average molecular weight is 361 g/mol. The van der Waals surface area contributed by atoms with E-state index in [0.717, 1.165) is 29.9 Å². The molecule has 1 aromatic rings. The zero-order valence-corrected chi connectivity index (χ0v) is 14.1. The first-order valence-corrected chi connectivity index (χ1v) is 8.32. The SMILES string of the molecule is CC(C)c1nc(C2CN3CCCC3CO2)nc(Cl)c1Br. The fraction of sp³-hybridized carbons (Fsp3) is 0.714. The molecule has 4 nitrogen and oxygen atoms in total. The Kier molecular flexibility index (Phi) is 4.32. The van der Waals surface area contributed by atoms with Crippen LogP contribution in [-0.4, -0.2) is 40.6 Å². The van der Waals surface area contributed by atoms with Gasteiger partial charge in [-0.2, -0.15) is 0 Å². The van der Waals surface area contributed by atoms with Gasteiger partial charge in [-0.1, -0.05) is 25.4 Å². The van der Waals surface area contributed by atoms with Crippen molar-refractivity contribution in [3.8, 4) is 0 Å².